The van der Waals surface area contributed by atoms with Crippen molar-refractivity contribution in [1.29, 1.82) is 0 Å². The Balaban J connectivity index is 1.93. The lowest BCUT2D eigenvalue weighted by atomic mass is 9.97. The van der Waals surface area contributed by atoms with E-state index in [2.05, 4.69) is 24.2 Å². The summed E-state index contributed by atoms with van der Waals surface area (Å²) in [6.07, 6.45) is 10.3. The van der Waals surface area contributed by atoms with Gasteiger partial charge < -0.3 is 10.2 Å². The van der Waals surface area contributed by atoms with Gasteiger partial charge in [-0.3, -0.25) is 0 Å². The van der Waals surface area contributed by atoms with Crippen LogP contribution >= 0.6 is 0 Å². The summed E-state index contributed by atoms with van der Waals surface area (Å²) in [6, 6.07) is 0. The van der Waals surface area contributed by atoms with Crippen molar-refractivity contribution < 1.29 is 0 Å². The molecule has 0 aromatic rings. The highest BCUT2D eigenvalue weighted by atomic mass is 15.1. The average Bonchev–Trinajstić information content (AvgIpc) is 2.57. The van der Waals surface area contributed by atoms with Crippen LogP contribution in [0.4, 0.5) is 0 Å². The zero-order chi connectivity index (χ0) is 11.6. The van der Waals surface area contributed by atoms with Gasteiger partial charge in [-0.05, 0) is 32.5 Å². The molecule has 0 aliphatic heterocycles. The van der Waals surface area contributed by atoms with Gasteiger partial charge in [0, 0.05) is 13.1 Å². The fraction of sp³-hybridized carbons (Fsp3) is 1.00. The highest BCUT2D eigenvalue weighted by molar-refractivity contribution is 4.66. The van der Waals surface area contributed by atoms with E-state index in [1.165, 1.54) is 58.0 Å². The fourth-order valence-corrected chi connectivity index (χ4v) is 2.51. The monoisotopic (exact) mass is 226 g/mol. The molecule has 1 rings (SSSR count). The Morgan fingerprint density at radius 3 is 2.38 bits per heavy atom. The van der Waals surface area contributed by atoms with Crippen molar-refractivity contribution in [3.05, 3.63) is 0 Å². The van der Waals surface area contributed by atoms with Crippen molar-refractivity contribution >= 4 is 0 Å². The van der Waals surface area contributed by atoms with Gasteiger partial charge in [-0.15, -0.1) is 0 Å². The predicted octanol–water partition coefficient (Wildman–Crippen LogP) is 2.89. The lowest BCUT2D eigenvalue weighted by molar-refractivity contribution is 0.342. The van der Waals surface area contributed by atoms with E-state index in [-0.39, 0.29) is 0 Å². The second kappa shape index (κ2) is 9.00. The summed E-state index contributed by atoms with van der Waals surface area (Å²) in [5.41, 5.74) is 0. The SMILES string of the molecule is CCN(C)CCNCCC1CCCCCC1. The van der Waals surface area contributed by atoms with E-state index in [0.717, 1.165) is 19.0 Å². The van der Waals surface area contributed by atoms with Crippen LogP contribution in [0.5, 0.6) is 0 Å². The molecule has 16 heavy (non-hydrogen) atoms. The van der Waals surface area contributed by atoms with Gasteiger partial charge in [-0.25, -0.2) is 0 Å². The molecule has 0 aromatic carbocycles. The molecule has 1 N–H and O–H groups in total. The van der Waals surface area contributed by atoms with Gasteiger partial charge in [-0.2, -0.15) is 0 Å². The molecule has 0 aromatic heterocycles. The Bertz CT molecular complexity index is 151. The molecule has 0 unspecified atom stereocenters. The molecule has 2 nitrogen and oxygen atoms in total. The summed E-state index contributed by atoms with van der Waals surface area (Å²) in [5, 5.41) is 3.58. The maximum atomic E-state index is 3.58. The predicted molar refractivity (Wildman–Crippen MR) is 71.8 cm³/mol. The average molecular weight is 226 g/mol. The van der Waals surface area contributed by atoms with E-state index in [0.29, 0.717) is 0 Å². The third-order valence-electron chi connectivity index (χ3n) is 3.91. The van der Waals surface area contributed by atoms with Crippen molar-refractivity contribution in [2.75, 3.05) is 33.2 Å². The summed E-state index contributed by atoms with van der Waals surface area (Å²) in [4.78, 5) is 2.36. The van der Waals surface area contributed by atoms with Gasteiger partial charge in [-0.1, -0.05) is 45.4 Å². The summed E-state index contributed by atoms with van der Waals surface area (Å²) in [5.74, 6) is 1.01. The largest absolute Gasteiger partial charge is 0.315 e. The Kier molecular flexibility index (Phi) is 7.87. The normalized spacial score (nSPS) is 18.9. The van der Waals surface area contributed by atoms with Crippen LogP contribution in [0.3, 0.4) is 0 Å². The molecule has 1 saturated carbocycles. The van der Waals surface area contributed by atoms with Crippen molar-refractivity contribution in [3.63, 3.8) is 0 Å². The van der Waals surface area contributed by atoms with Gasteiger partial charge in [0.15, 0.2) is 0 Å². The molecule has 0 spiro atoms. The second-order valence-electron chi connectivity index (χ2n) is 5.29. The first kappa shape index (κ1) is 14.0. The maximum Gasteiger partial charge on any atom is 0.0104 e. The summed E-state index contributed by atoms with van der Waals surface area (Å²) in [7, 11) is 2.19. The van der Waals surface area contributed by atoms with Crippen LogP contribution < -0.4 is 5.32 Å². The number of nitrogens with one attached hydrogen (secondary N) is 1. The van der Waals surface area contributed by atoms with Crippen molar-refractivity contribution in [2.24, 2.45) is 5.92 Å². The molecule has 1 fully saturated rings. The molecule has 0 amide bonds. The first-order chi connectivity index (χ1) is 7.83. The topological polar surface area (TPSA) is 15.3 Å². The highest BCUT2D eigenvalue weighted by Gasteiger charge is 2.11. The van der Waals surface area contributed by atoms with Crippen LogP contribution in [0.15, 0.2) is 0 Å². The van der Waals surface area contributed by atoms with E-state index in [9.17, 15) is 0 Å². The Morgan fingerprint density at radius 1 is 1.06 bits per heavy atom. The van der Waals surface area contributed by atoms with E-state index in [1.807, 2.05) is 0 Å². The van der Waals surface area contributed by atoms with Crippen LogP contribution in [-0.2, 0) is 0 Å². The van der Waals surface area contributed by atoms with Crippen molar-refractivity contribution in [1.82, 2.24) is 10.2 Å². The minimum Gasteiger partial charge on any atom is -0.315 e. The molecule has 96 valence electrons. The van der Waals surface area contributed by atoms with E-state index < -0.39 is 0 Å². The number of likely N-dealkylation sites (N-methyl/N-ethyl adjacent to an activating group) is 1. The van der Waals surface area contributed by atoms with E-state index in [4.69, 9.17) is 0 Å². The number of hydrogen-bond acceptors (Lipinski definition) is 2. The van der Waals surface area contributed by atoms with E-state index in [1.54, 1.807) is 0 Å². The molecule has 2 heteroatoms. The summed E-state index contributed by atoms with van der Waals surface area (Å²) in [6.45, 7) is 6.93. The molecule has 0 radical (unpaired) electrons. The Hall–Kier alpha value is -0.0800. The second-order valence-corrected chi connectivity index (χ2v) is 5.29. The summed E-state index contributed by atoms with van der Waals surface area (Å²) < 4.78 is 0. The quantitative estimate of drug-likeness (QED) is 0.530. The lowest BCUT2D eigenvalue weighted by Crippen LogP contribution is -2.30. The molecule has 0 saturated heterocycles. The third-order valence-corrected chi connectivity index (χ3v) is 3.91. The smallest absolute Gasteiger partial charge is 0.0104 e. The molecular formula is C14H30N2. The van der Waals surface area contributed by atoms with Crippen LogP contribution in [0, 0.1) is 5.92 Å². The number of hydrogen-bond donors (Lipinski definition) is 1. The minimum absolute atomic E-state index is 1.01. The van der Waals surface area contributed by atoms with Gasteiger partial charge in [0.1, 0.15) is 0 Å². The molecule has 1 aliphatic rings. The molecule has 1 aliphatic carbocycles. The fourth-order valence-electron chi connectivity index (χ4n) is 2.51. The van der Waals surface area contributed by atoms with E-state index >= 15 is 0 Å². The zero-order valence-electron chi connectivity index (χ0n) is 11.3. The Morgan fingerprint density at radius 2 is 1.75 bits per heavy atom. The lowest BCUT2D eigenvalue weighted by Gasteiger charge is -2.16. The first-order valence-electron chi connectivity index (χ1n) is 7.22. The van der Waals surface area contributed by atoms with Gasteiger partial charge >= 0.3 is 0 Å². The number of nitrogens with zero attached hydrogens (tertiary/aromatic N) is 1. The van der Waals surface area contributed by atoms with Crippen LogP contribution in [-0.4, -0.2) is 38.1 Å². The minimum atomic E-state index is 1.01. The zero-order valence-corrected chi connectivity index (χ0v) is 11.3. The molecule has 0 bridgehead atoms. The molecule has 0 heterocycles. The first-order valence-corrected chi connectivity index (χ1v) is 7.22. The summed E-state index contributed by atoms with van der Waals surface area (Å²) >= 11 is 0. The molecular weight excluding hydrogens is 196 g/mol. The number of rotatable bonds is 7. The standard InChI is InChI=1S/C14H30N2/c1-3-16(2)13-12-15-11-10-14-8-6-4-5-7-9-14/h14-15H,3-13H2,1-2H3. The van der Waals surface area contributed by atoms with Crippen LogP contribution in [0.2, 0.25) is 0 Å². The highest BCUT2D eigenvalue weighted by Crippen LogP contribution is 2.24. The van der Waals surface area contributed by atoms with Crippen LogP contribution in [0.1, 0.15) is 51.9 Å². The maximum absolute atomic E-state index is 3.58. The third kappa shape index (κ3) is 6.49. The van der Waals surface area contributed by atoms with Crippen molar-refractivity contribution in [2.45, 2.75) is 51.9 Å². The Labute approximate surface area is 102 Å². The van der Waals surface area contributed by atoms with Gasteiger partial charge in [0.25, 0.3) is 0 Å². The van der Waals surface area contributed by atoms with Crippen LogP contribution in [0.25, 0.3) is 0 Å². The van der Waals surface area contributed by atoms with Gasteiger partial charge in [0.2, 0.25) is 0 Å². The van der Waals surface area contributed by atoms with Gasteiger partial charge in [0.05, 0.1) is 0 Å². The molecule has 0 atom stereocenters. The van der Waals surface area contributed by atoms with Crippen molar-refractivity contribution in [3.8, 4) is 0 Å².